The SMILES string of the molecule is O=C(O)C(C(F)(F)F)(C(F)(F)F)S(=O)(=O)[O-].[Na+]. The quantitative estimate of drug-likeness (QED) is 0.345. The van der Waals surface area contributed by atoms with Crippen LogP contribution in [0, 0.1) is 0 Å². The van der Waals surface area contributed by atoms with E-state index < -0.39 is 33.2 Å². The Hall–Kier alpha value is -0.0400. The summed E-state index contributed by atoms with van der Waals surface area (Å²) in [4.78, 5) is 9.94. The molecule has 0 spiro atoms. The van der Waals surface area contributed by atoms with Crippen molar-refractivity contribution in [2.75, 3.05) is 0 Å². The molecule has 0 rings (SSSR count). The topological polar surface area (TPSA) is 94.5 Å². The van der Waals surface area contributed by atoms with E-state index in [1.165, 1.54) is 0 Å². The van der Waals surface area contributed by atoms with Crippen molar-refractivity contribution >= 4 is 16.1 Å². The van der Waals surface area contributed by atoms with Gasteiger partial charge in [-0.25, -0.2) is 13.2 Å². The van der Waals surface area contributed by atoms with Crippen LogP contribution in [0.3, 0.4) is 0 Å². The Morgan fingerprint density at radius 1 is 1.00 bits per heavy atom. The van der Waals surface area contributed by atoms with Crippen LogP contribution >= 0.6 is 0 Å². The molecule has 0 unspecified atom stereocenters. The predicted octanol–water partition coefficient (Wildman–Crippen LogP) is -2.52. The molecule has 0 aromatic heterocycles. The molecule has 0 aliphatic heterocycles. The largest absolute Gasteiger partial charge is 1.00 e. The van der Waals surface area contributed by atoms with Gasteiger partial charge in [-0.1, -0.05) is 0 Å². The third kappa shape index (κ3) is 2.86. The molecule has 0 saturated carbocycles. The normalized spacial score (nSPS) is 14.1. The Bertz CT molecular complexity index is 382. The first kappa shape index (κ1) is 19.3. The molecular weight excluding hydrogens is 297 g/mol. The van der Waals surface area contributed by atoms with Crippen molar-refractivity contribution in [3.8, 4) is 0 Å². The summed E-state index contributed by atoms with van der Waals surface area (Å²) in [7, 11) is -7.24. The minimum atomic E-state index is -7.24. The van der Waals surface area contributed by atoms with Gasteiger partial charge in [0.2, 0.25) is 0 Å². The average Bonchev–Trinajstić information content (AvgIpc) is 1.71. The van der Waals surface area contributed by atoms with Crippen LogP contribution in [0.5, 0.6) is 0 Å². The van der Waals surface area contributed by atoms with Crippen LogP contribution in [0.2, 0.25) is 0 Å². The Labute approximate surface area is 112 Å². The molecule has 1 N–H and O–H groups in total. The van der Waals surface area contributed by atoms with Crippen molar-refractivity contribution in [3.63, 3.8) is 0 Å². The van der Waals surface area contributed by atoms with Gasteiger partial charge in [-0.2, -0.15) is 26.3 Å². The fourth-order valence-electron chi connectivity index (χ4n) is 0.794. The first-order valence-corrected chi connectivity index (χ1v) is 4.42. The first-order valence-electron chi connectivity index (χ1n) is 3.02. The molecule has 0 aromatic rings. The van der Waals surface area contributed by atoms with Gasteiger partial charge in [0.1, 0.15) is 10.1 Å². The van der Waals surface area contributed by atoms with Crippen molar-refractivity contribution in [1.82, 2.24) is 0 Å². The van der Waals surface area contributed by atoms with E-state index in [0.717, 1.165) is 0 Å². The number of hydrogen-bond donors (Lipinski definition) is 1. The Morgan fingerprint density at radius 3 is 1.24 bits per heavy atom. The minimum Gasteiger partial charge on any atom is -0.747 e. The zero-order valence-corrected chi connectivity index (χ0v) is 10.6. The molecule has 13 heteroatoms. The molecule has 0 bridgehead atoms. The van der Waals surface area contributed by atoms with Crippen LogP contribution in [-0.2, 0) is 14.9 Å². The van der Waals surface area contributed by atoms with Crippen molar-refractivity contribution in [2.24, 2.45) is 0 Å². The van der Waals surface area contributed by atoms with Gasteiger partial charge in [0, 0.05) is 0 Å². The van der Waals surface area contributed by atoms with Crippen molar-refractivity contribution in [2.45, 2.75) is 17.1 Å². The molecule has 0 radical (unpaired) electrons. The molecule has 0 heterocycles. The number of hydrogen-bond acceptors (Lipinski definition) is 4. The average molecular weight is 298 g/mol. The molecule has 0 saturated heterocycles. The van der Waals surface area contributed by atoms with E-state index in [-0.39, 0.29) is 29.6 Å². The van der Waals surface area contributed by atoms with Crippen LogP contribution in [-0.4, -0.2) is 41.1 Å². The molecule has 0 aliphatic carbocycles. The summed E-state index contributed by atoms with van der Waals surface area (Å²) < 4.78 is 95.3. The first-order chi connectivity index (χ1) is 6.69. The van der Waals surface area contributed by atoms with E-state index in [1.54, 1.807) is 0 Å². The smallest absolute Gasteiger partial charge is 0.747 e. The third-order valence-electron chi connectivity index (χ3n) is 1.47. The van der Waals surface area contributed by atoms with Crippen LogP contribution < -0.4 is 29.6 Å². The van der Waals surface area contributed by atoms with Crippen LogP contribution in [0.1, 0.15) is 0 Å². The van der Waals surface area contributed by atoms with E-state index >= 15 is 0 Å². The summed E-state index contributed by atoms with van der Waals surface area (Å²) in [6.07, 6.45) is -13.6. The fraction of sp³-hybridized carbons (Fsp3) is 0.750. The van der Waals surface area contributed by atoms with Crippen LogP contribution in [0.4, 0.5) is 26.3 Å². The summed E-state index contributed by atoms with van der Waals surface area (Å²) in [5.41, 5.74) is 0. The summed E-state index contributed by atoms with van der Waals surface area (Å²) in [6, 6.07) is 0. The number of carboxylic acids is 1. The standard InChI is InChI=1S/C4H2F6O5S.Na/c5-3(6,7)2(1(11)12,4(8,9)10)16(13,14)15;/h(H,11,12)(H,13,14,15);/q;+1/p-1. The molecule has 5 nitrogen and oxygen atoms in total. The fourth-order valence-corrected chi connectivity index (χ4v) is 1.57. The second-order valence-electron chi connectivity index (χ2n) is 2.44. The van der Waals surface area contributed by atoms with E-state index in [4.69, 9.17) is 5.11 Å². The molecule has 0 aromatic carbocycles. The second-order valence-corrected chi connectivity index (χ2v) is 3.96. The number of rotatable bonds is 2. The molecule has 0 atom stereocenters. The third-order valence-corrected chi connectivity index (χ3v) is 2.86. The van der Waals surface area contributed by atoms with Crippen molar-refractivity contribution in [3.05, 3.63) is 0 Å². The minimum absolute atomic E-state index is 0. The summed E-state index contributed by atoms with van der Waals surface area (Å²) >= 11 is 0. The van der Waals surface area contributed by atoms with E-state index in [9.17, 15) is 44.1 Å². The number of carbonyl (C=O) groups is 1. The Kier molecular flexibility index (Phi) is 5.58. The molecule has 96 valence electrons. The summed E-state index contributed by atoms with van der Waals surface area (Å²) in [5.74, 6) is -3.84. The zero-order valence-electron chi connectivity index (χ0n) is 7.76. The maximum atomic E-state index is 11.9. The summed E-state index contributed by atoms with van der Waals surface area (Å²) in [6.45, 7) is 0. The number of halogens is 6. The van der Waals surface area contributed by atoms with Gasteiger partial charge >= 0.3 is 52.6 Å². The monoisotopic (exact) mass is 298 g/mol. The Balaban J connectivity index is 0. The maximum absolute atomic E-state index is 11.9. The van der Waals surface area contributed by atoms with Gasteiger partial charge in [0.15, 0.2) is 0 Å². The van der Waals surface area contributed by atoms with Gasteiger partial charge < -0.3 is 9.66 Å². The van der Waals surface area contributed by atoms with E-state index in [0.29, 0.717) is 0 Å². The molecule has 0 fully saturated rings. The van der Waals surface area contributed by atoms with Crippen molar-refractivity contribution in [1.29, 1.82) is 0 Å². The van der Waals surface area contributed by atoms with Crippen LogP contribution in [0.15, 0.2) is 0 Å². The van der Waals surface area contributed by atoms with Gasteiger partial charge in [0.05, 0.1) is 0 Å². The predicted molar refractivity (Wildman–Crippen MR) is 32.2 cm³/mol. The molecule has 17 heavy (non-hydrogen) atoms. The van der Waals surface area contributed by atoms with E-state index in [1.807, 2.05) is 0 Å². The van der Waals surface area contributed by atoms with Gasteiger partial charge in [0.25, 0.3) is 0 Å². The van der Waals surface area contributed by atoms with E-state index in [2.05, 4.69) is 0 Å². The maximum Gasteiger partial charge on any atom is 1.00 e. The van der Waals surface area contributed by atoms with Crippen LogP contribution in [0.25, 0.3) is 0 Å². The number of carboxylic acid groups (broad SMARTS) is 1. The second kappa shape index (κ2) is 4.91. The van der Waals surface area contributed by atoms with Gasteiger partial charge in [-0.05, 0) is 0 Å². The van der Waals surface area contributed by atoms with Gasteiger partial charge in [-0.3, -0.25) is 0 Å². The molecule has 0 amide bonds. The zero-order chi connectivity index (χ0) is 13.6. The van der Waals surface area contributed by atoms with Crippen molar-refractivity contribution < 1.29 is 78.8 Å². The Morgan fingerprint density at radius 2 is 1.24 bits per heavy atom. The molecule has 0 aliphatic rings. The number of alkyl halides is 6. The van der Waals surface area contributed by atoms with Gasteiger partial charge in [-0.15, -0.1) is 0 Å². The summed E-state index contributed by atoms with van der Waals surface area (Å²) in [5, 5.41) is 7.81. The number of aliphatic carboxylic acids is 1. The molecular formula is C4HF6NaO5S.